The van der Waals surface area contributed by atoms with E-state index in [4.69, 9.17) is 5.73 Å². The summed E-state index contributed by atoms with van der Waals surface area (Å²) in [5.74, 6) is -0.0704. The number of nitrogens with zero attached hydrogens (tertiary/aromatic N) is 1. The van der Waals surface area contributed by atoms with Gasteiger partial charge in [-0.2, -0.15) is 0 Å². The molecular formula is C13H21N3O. The molecule has 0 fully saturated rings. The second-order valence-electron chi connectivity index (χ2n) is 4.98. The summed E-state index contributed by atoms with van der Waals surface area (Å²) in [6.45, 7) is 5.61. The van der Waals surface area contributed by atoms with Gasteiger partial charge in [0.2, 0.25) is 0 Å². The molecule has 0 saturated heterocycles. The van der Waals surface area contributed by atoms with Crippen LogP contribution in [-0.4, -0.2) is 24.0 Å². The lowest BCUT2D eigenvalue weighted by Crippen LogP contribution is -2.34. The Morgan fingerprint density at radius 3 is 2.88 bits per heavy atom. The maximum atomic E-state index is 11.8. The topological polar surface area (TPSA) is 68.0 Å². The minimum atomic E-state index is -0.0704. The van der Waals surface area contributed by atoms with Gasteiger partial charge in [0, 0.05) is 18.9 Å². The van der Waals surface area contributed by atoms with Gasteiger partial charge in [0.25, 0.3) is 5.91 Å². The summed E-state index contributed by atoms with van der Waals surface area (Å²) < 4.78 is 0. The zero-order valence-electron chi connectivity index (χ0n) is 10.6. The van der Waals surface area contributed by atoms with Crippen LogP contribution in [0.1, 0.15) is 37.0 Å². The number of rotatable bonds is 6. The SMILES string of the molecule is CC(C)(CCCN)CNC(=O)c1cccnc1. The quantitative estimate of drug-likeness (QED) is 0.786. The molecule has 1 heterocycles. The van der Waals surface area contributed by atoms with Crippen molar-refractivity contribution in [2.45, 2.75) is 26.7 Å². The number of aromatic nitrogens is 1. The van der Waals surface area contributed by atoms with Crippen molar-refractivity contribution in [2.75, 3.05) is 13.1 Å². The maximum absolute atomic E-state index is 11.8. The minimum Gasteiger partial charge on any atom is -0.351 e. The number of nitrogens with two attached hydrogens (primary N) is 1. The number of carbonyl (C=O) groups excluding carboxylic acids is 1. The first-order valence-electron chi connectivity index (χ1n) is 5.93. The Kier molecular flexibility index (Phi) is 5.10. The highest BCUT2D eigenvalue weighted by Gasteiger charge is 2.18. The fourth-order valence-electron chi connectivity index (χ4n) is 1.59. The molecule has 0 unspecified atom stereocenters. The predicted molar refractivity (Wildman–Crippen MR) is 68.6 cm³/mol. The summed E-state index contributed by atoms with van der Waals surface area (Å²) in [7, 11) is 0. The highest BCUT2D eigenvalue weighted by Crippen LogP contribution is 2.20. The number of hydrogen-bond donors (Lipinski definition) is 2. The molecule has 1 amide bonds. The van der Waals surface area contributed by atoms with Crippen molar-refractivity contribution in [3.05, 3.63) is 30.1 Å². The Labute approximate surface area is 103 Å². The van der Waals surface area contributed by atoms with E-state index in [2.05, 4.69) is 24.1 Å². The third-order valence-electron chi connectivity index (χ3n) is 2.71. The standard InChI is InChI=1S/C13H21N3O/c1-13(2,6-4-7-14)10-16-12(17)11-5-3-8-15-9-11/h3,5,8-9H,4,6-7,10,14H2,1-2H3,(H,16,17). The summed E-state index contributed by atoms with van der Waals surface area (Å²) >= 11 is 0. The zero-order chi connectivity index (χ0) is 12.7. The van der Waals surface area contributed by atoms with Crippen LogP contribution in [0.15, 0.2) is 24.5 Å². The summed E-state index contributed by atoms with van der Waals surface area (Å²) in [5, 5.41) is 2.93. The Morgan fingerprint density at radius 2 is 2.29 bits per heavy atom. The second kappa shape index (κ2) is 6.35. The van der Waals surface area contributed by atoms with Crippen molar-refractivity contribution in [3.63, 3.8) is 0 Å². The molecule has 0 aliphatic heterocycles. The summed E-state index contributed by atoms with van der Waals surface area (Å²) in [6.07, 6.45) is 5.22. The second-order valence-corrected chi connectivity index (χ2v) is 4.98. The van der Waals surface area contributed by atoms with Crippen molar-refractivity contribution in [1.82, 2.24) is 10.3 Å². The van der Waals surface area contributed by atoms with Gasteiger partial charge in [-0.25, -0.2) is 0 Å². The monoisotopic (exact) mass is 235 g/mol. The average Bonchev–Trinajstić information content (AvgIpc) is 2.35. The molecule has 94 valence electrons. The van der Waals surface area contributed by atoms with Gasteiger partial charge in [0.1, 0.15) is 0 Å². The third-order valence-corrected chi connectivity index (χ3v) is 2.71. The van der Waals surface area contributed by atoms with Crippen LogP contribution in [0.25, 0.3) is 0 Å². The van der Waals surface area contributed by atoms with E-state index >= 15 is 0 Å². The smallest absolute Gasteiger partial charge is 0.252 e. The third kappa shape index (κ3) is 4.95. The molecule has 4 nitrogen and oxygen atoms in total. The fraction of sp³-hybridized carbons (Fsp3) is 0.538. The molecule has 1 aromatic heterocycles. The van der Waals surface area contributed by atoms with Crippen LogP contribution in [0.4, 0.5) is 0 Å². The highest BCUT2D eigenvalue weighted by atomic mass is 16.1. The van der Waals surface area contributed by atoms with E-state index in [1.165, 1.54) is 0 Å². The molecular weight excluding hydrogens is 214 g/mol. The molecule has 0 radical (unpaired) electrons. The summed E-state index contributed by atoms with van der Waals surface area (Å²) in [5.41, 5.74) is 6.17. The van der Waals surface area contributed by atoms with Crippen LogP contribution in [-0.2, 0) is 0 Å². The van der Waals surface area contributed by atoms with Crippen molar-refractivity contribution < 1.29 is 4.79 Å². The number of carbonyl (C=O) groups is 1. The molecule has 3 N–H and O–H groups in total. The van der Waals surface area contributed by atoms with Crippen LogP contribution in [0.3, 0.4) is 0 Å². The maximum Gasteiger partial charge on any atom is 0.252 e. The van der Waals surface area contributed by atoms with E-state index in [1.54, 1.807) is 24.5 Å². The number of amides is 1. The lowest BCUT2D eigenvalue weighted by atomic mass is 9.87. The first kappa shape index (κ1) is 13.6. The molecule has 0 spiro atoms. The zero-order valence-corrected chi connectivity index (χ0v) is 10.6. The summed E-state index contributed by atoms with van der Waals surface area (Å²) in [6, 6.07) is 3.52. The van der Waals surface area contributed by atoms with Gasteiger partial charge in [0.05, 0.1) is 5.56 Å². The van der Waals surface area contributed by atoms with Crippen LogP contribution < -0.4 is 11.1 Å². The van der Waals surface area contributed by atoms with Crippen LogP contribution >= 0.6 is 0 Å². The fourth-order valence-corrected chi connectivity index (χ4v) is 1.59. The van der Waals surface area contributed by atoms with E-state index in [0.29, 0.717) is 18.7 Å². The van der Waals surface area contributed by atoms with Crippen molar-refractivity contribution in [1.29, 1.82) is 0 Å². The van der Waals surface area contributed by atoms with Crippen LogP contribution in [0.2, 0.25) is 0 Å². The van der Waals surface area contributed by atoms with Gasteiger partial charge in [-0.3, -0.25) is 9.78 Å². The van der Waals surface area contributed by atoms with Gasteiger partial charge in [-0.1, -0.05) is 13.8 Å². The molecule has 1 aromatic rings. The van der Waals surface area contributed by atoms with E-state index in [9.17, 15) is 4.79 Å². The first-order chi connectivity index (χ1) is 8.05. The van der Waals surface area contributed by atoms with Crippen molar-refractivity contribution >= 4 is 5.91 Å². The number of pyridine rings is 1. The Balaban J connectivity index is 2.43. The molecule has 0 saturated carbocycles. The largest absolute Gasteiger partial charge is 0.351 e. The van der Waals surface area contributed by atoms with Crippen LogP contribution in [0.5, 0.6) is 0 Å². The van der Waals surface area contributed by atoms with Gasteiger partial charge in [-0.05, 0) is 36.9 Å². The normalized spacial score (nSPS) is 11.2. The molecule has 0 aliphatic rings. The van der Waals surface area contributed by atoms with Gasteiger partial charge in [-0.15, -0.1) is 0 Å². The number of hydrogen-bond acceptors (Lipinski definition) is 3. The molecule has 0 aromatic carbocycles. The summed E-state index contributed by atoms with van der Waals surface area (Å²) in [4.78, 5) is 15.7. The van der Waals surface area contributed by atoms with Crippen molar-refractivity contribution in [3.8, 4) is 0 Å². The number of nitrogens with one attached hydrogen (secondary N) is 1. The predicted octanol–water partition coefficient (Wildman–Crippen LogP) is 1.58. The molecule has 0 bridgehead atoms. The average molecular weight is 235 g/mol. The molecule has 1 rings (SSSR count). The lowest BCUT2D eigenvalue weighted by molar-refractivity contribution is 0.0934. The first-order valence-corrected chi connectivity index (χ1v) is 5.93. The lowest BCUT2D eigenvalue weighted by Gasteiger charge is -2.24. The van der Waals surface area contributed by atoms with Gasteiger partial charge < -0.3 is 11.1 Å². The van der Waals surface area contributed by atoms with E-state index in [0.717, 1.165) is 12.8 Å². The van der Waals surface area contributed by atoms with Gasteiger partial charge in [0.15, 0.2) is 0 Å². The van der Waals surface area contributed by atoms with E-state index < -0.39 is 0 Å². The molecule has 0 aliphatic carbocycles. The molecule has 4 heteroatoms. The van der Waals surface area contributed by atoms with E-state index in [-0.39, 0.29) is 11.3 Å². The highest BCUT2D eigenvalue weighted by molar-refractivity contribution is 5.93. The molecule has 17 heavy (non-hydrogen) atoms. The van der Waals surface area contributed by atoms with Gasteiger partial charge >= 0.3 is 0 Å². The van der Waals surface area contributed by atoms with Crippen molar-refractivity contribution in [2.24, 2.45) is 11.1 Å². The van der Waals surface area contributed by atoms with E-state index in [1.807, 2.05) is 0 Å². The minimum absolute atomic E-state index is 0.0704. The Hall–Kier alpha value is -1.42. The molecule has 0 atom stereocenters. The van der Waals surface area contributed by atoms with Crippen LogP contribution in [0, 0.1) is 5.41 Å². The Morgan fingerprint density at radius 1 is 1.53 bits per heavy atom. The Bertz CT molecular complexity index is 349.